The van der Waals surface area contributed by atoms with E-state index in [0.29, 0.717) is 6.42 Å². The van der Waals surface area contributed by atoms with Crippen LogP contribution in [-0.4, -0.2) is 28.7 Å². The molecule has 0 radical (unpaired) electrons. The predicted octanol–water partition coefficient (Wildman–Crippen LogP) is 4.69. The lowest BCUT2D eigenvalue weighted by molar-refractivity contribution is -0.137. The summed E-state index contributed by atoms with van der Waals surface area (Å²) in [6.45, 7) is 1.87. The van der Waals surface area contributed by atoms with Gasteiger partial charge in [0, 0.05) is 6.42 Å². The van der Waals surface area contributed by atoms with Gasteiger partial charge in [-0.3, -0.25) is 9.59 Å². The molecule has 144 valence electrons. The summed E-state index contributed by atoms with van der Waals surface area (Å²) in [5, 5.41) is 16.1. The lowest BCUT2D eigenvalue weighted by Gasteiger charge is -1.98. The zero-order chi connectivity index (χ0) is 19.2. The van der Waals surface area contributed by atoms with Crippen molar-refractivity contribution >= 4 is 11.9 Å². The number of hydrogen-bond acceptors (Lipinski definition) is 3. The molecule has 0 fully saturated rings. The predicted molar refractivity (Wildman–Crippen MR) is 104 cm³/mol. The first-order valence-electron chi connectivity index (χ1n) is 9.13. The van der Waals surface area contributed by atoms with Crippen molar-refractivity contribution in [3.63, 3.8) is 0 Å². The van der Waals surface area contributed by atoms with E-state index in [4.69, 9.17) is 10.2 Å². The van der Waals surface area contributed by atoms with Gasteiger partial charge in [-0.2, -0.15) is 0 Å². The summed E-state index contributed by atoms with van der Waals surface area (Å²) in [4.78, 5) is 19.6. The van der Waals surface area contributed by atoms with Gasteiger partial charge in [0.25, 0.3) is 0 Å². The summed E-state index contributed by atoms with van der Waals surface area (Å²) in [5.74, 6) is -1.64. The Morgan fingerprint density at radius 2 is 1.24 bits per heavy atom. The smallest absolute Gasteiger partial charge is 0.317 e. The number of unbranched alkanes of at least 4 members (excludes halogenated alkanes) is 5. The molecule has 5 nitrogen and oxygen atoms in total. The fourth-order valence-electron chi connectivity index (χ4n) is 1.90. The highest BCUT2D eigenvalue weighted by Crippen LogP contribution is 2.07. The van der Waals surface area contributed by atoms with E-state index in [0.717, 1.165) is 44.9 Å². The quantitative estimate of drug-likeness (QED) is 0.311. The average molecular weight is 354 g/mol. The molecule has 4 N–H and O–H groups in total. The largest absolute Gasteiger partial charge is 0.481 e. The molecule has 0 aromatic rings. The molecule has 0 aliphatic rings. The minimum absolute atomic E-state index is 0.278. The molecule has 0 amide bonds. The van der Waals surface area contributed by atoms with Crippen LogP contribution in [0.1, 0.15) is 71.1 Å². The molecule has 0 aromatic heterocycles. The molecule has 0 bridgehead atoms. The number of aliphatic carboxylic acids is 2. The van der Waals surface area contributed by atoms with Gasteiger partial charge in [-0.05, 0) is 38.5 Å². The second-order valence-corrected chi connectivity index (χ2v) is 5.59. The Balaban J connectivity index is 0. The maximum Gasteiger partial charge on any atom is 0.317 e. The number of carbonyl (C=O) groups is 2. The fraction of sp³-hybridized carbons (Fsp3) is 0.600. The number of carboxylic acid groups (broad SMARTS) is 2. The summed E-state index contributed by atoms with van der Waals surface area (Å²) in [5.41, 5.74) is 4.57. The second kappa shape index (κ2) is 22.1. The van der Waals surface area contributed by atoms with Gasteiger partial charge in [0.05, 0.1) is 6.54 Å². The van der Waals surface area contributed by atoms with E-state index in [1.807, 2.05) is 0 Å². The van der Waals surface area contributed by atoms with E-state index < -0.39 is 11.9 Å². The van der Waals surface area contributed by atoms with Gasteiger partial charge < -0.3 is 15.9 Å². The summed E-state index contributed by atoms with van der Waals surface area (Å²) in [6.07, 6.45) is 23.4. The molecule has 0 aromatic carbocycles. The molecule has 0 saturated carbocycles. The van der Waals surface area contributed by atoms with E-state index >= 15 is 0 Å². The highest BCUT2D eigenvalue weighted by atomic mass is 16.4. The van der Waals surface area contributed by atoms with Crippen LogP contribution >= 0.6 is 0 Å². The number of carboxylic acids is 2. The highest BCUT2D eigenvalue weighted by Gasteiger charge is 1.95. The number of nitrogens with two attached hydrogens (primary N) is 1. The Morgan fingerprint density at radius 3 is 1.76 bits per heavy atom. The van der Waals surface area contributed by atoms with Gasteiger partial charge in [-0.1, -0.05) is 62.6 Å². The molecule has 0 rings (SSSR count). The third-order valence-electron chi connectivity index (χ3n) is 3.22. The lowest BCUT2D eigenvalue weighted by Crippen LogP contribution is -2.10. The van der Waals surface area contributed by atoms with Crippen LogP contribution in [0.5, 0.6) is 0 Å². The SMILES string of the molecule is CC/C=C\C/C=C\C/C=C\CCCCCCCC(=O)O.NCC(=O)O. The first-order chi connectivity index (χ1) is 12.0. The van der Waals surface area contributed by atoms with Crippen LogP contribution in [0, 0.1) is 0 Å². The second-order valence-electron chi connectivity index (χ2n) is 5.59. The van der Waals surface area contributed by atoms with E-state index in [1.54, 1.807) is 0 Å². The van der Waals surface area contributed by atoms with Crippen LogP contribution in [0.15, 0.2) is 36.5 Å². The topological polar surface area (TPSA) is 101 Å². The van der Waals surface area contributed by atoms with Crippen LogP contribution in [-0.2, 0) is 9.59 Å². The number of rotatable bonds is 14. The summed E-state index contributed by atoms with van der Waals surface area (Å²) < 4.78 is 0. The minimum atomic E-state index is -0.968. The van der Waals surface area contributed by atoms with Gasteiger partial charge in [-0.15, -0.1) is 0 Å². The fourth-order valence-corrected chi connectivity index (χ4v) is 1.90. The van der Waals surface area contributed by atoms with Crippen molar-refractivity contribution < 1.29 is 19.8 Å². The van der Waals surface area contributed by atoms with Crippen molar-refractivity contribution in [2.45, 2.75) is 71.1 Å². The van der Waals surface area contributed by atoms with Gasteiger partial charge in [0.1, 0.15) is 0 Å². The monoisotopic (exact) mass is 353 g/mol. The van der Waals surface area contributed by atoms with Crippen molar-refractivity contribution in [2.24, 2.45) is 5.73 Å². The minimum Gasteiger partial charge on any atom is -0.481 e. The molecule has 0 atom stereocenters. The average Bonchev–Trinajstić information content (AvgIpc) is 2.58. The standard InChI is InChI=1S/C18H30O2.C2H5NO2/c1-2-3-4-5-6-7-8-9-10-11-12-13-14-15-16-17-18(19)20;3-1-2(4)5/h3-4,6-7,9-10H,2,5,8,11-17H2,1H3,(H,19,20);1,3H2,(H,4,5)/b4-3-,7-6-,10-9-;. The molecule has 0 spiro atoms. The highest BCUT2D eigenvalue weighted by molar-refractivity contribution is 5.68. The summed E-state index contributed by atoms with van der Waals surface area (Å²) in [7, 11) is 0. The van der Waals surface area contributed by atoms with E-state index in [9.17, 15) is 9.59 Å². The Kier molecular flexibility index (Phi) is 22.4. The Morgan fingerprint density at radius 1 is 0.760 bits per heavy atom. The molecule has 0 aliphatic carbocycles. The maximum absolute atomic E-state index is 10.3. The number of allylic oxidation sites excluding steroid dienone is 6. The Labute approximate surface area is 152 Å². The van der Waals surface area contributed by atoms with Gasteiger partial charge in [0.15, 0.2) is 0 Å². The molecule has 0 heterocycles. The first kappa shape index (κ1) is 25.4. The first-order valence-corrected chi connectivity index (χ1v) is 9.13. The molecule has 5 heteroatoms. The normalized spacial score (nSPS) is 11.1. The summed E-state index contributed by atoms with van der Waals surface area (Å²) >= 11 is 0. The van der Waals surface area contributed by atoms with Crippen molar-refractivity contribution in [1.29, 1.82) is 0 Å². The van der Waals surface area contributed by atoms with Gasteiger partial charge in [-0.25, -0.2) is 0 Å². The van der Waals surface area contributed by atoms with E-state index in [2.05, 4.69) is 49.1 Å². The molecule has 0 aliphatic heterocycles. The lowest BCUT2D eigenvalue weighted by atomic mass is 10.1. The van der Waals surface area contributed by atoms with Crippen molar-refractivity contribution in [2.75, 3.05) is 6.54 Å². The molecular weight excluding hydrogens is 318 g/mol. The van der Waals surface area contributed by atoms with E-state index in [-0.39, 0.29) is 6.54 Å². The van der Waals surface area contributed by atoms with Crippen LogP contribution in [0.25, 0.3) is 0 Å². The molecular formula is C20H35NO4. The van der Waals surface area contributed by atoms with Crippen molar-refractivity contribution in [3.8, 4) is 0 Å². The summed E-state index contributed by atoms with van der Waals surface area (Å²) in [6, 6.07) is 0. The van der Waals surface area contributed by atoms with Gasteiger partial charge >= 0.3 is 11.9 Å². The van der Waals surface area contributed by atoms with Crippen LogP contribution in [0.2, 0.25) is 0 Å². The Bertz CT molecular complexity index is 401. The van der Waals surface area contributed by atoms with Crippen LogP contribution < -0.4 is 5.73 Å². The third kappa shape index (κ3) is 30.6. The zero-order valence-electron chi connectivity index (χ0n) is 15.5. The third-order valence-corrected chi connectivity index (χ3v) is 3.22. The number of hydrogen-bond donors (Lipinski definition) is 3. The van der Waals surface area contributed by atoms with Crippen molar-refractivity contribution in [3.05, 3.63) is 36.5 Å². The van der Waals surface area contributed by atoms with Crippen molar-refractivity contribution in [1.82, 2.24) is 0 Å². The van der Waals surface area contributed by atoms with E-state index in [1.165, 1.54) is 12.8 Å². The molecule has 0 saturated heterocycles. The van der Waals surface area contributed by atoms with Gasteiger partial charge in [0.2, 0.25) is 0 Å². The maximum atomic E-state index is 10.3. The van der Waals surface area contributed by atoms with Crippen LogP contribution in [0.3, 0.4) is 0 Å². The Hall–Kier alpha value is -1.88. The molecule has 25 heavy (non-hydrogen) atoms. The molecule has 0 unspecified atom stereocenters. The zero-order valence-corrected chi connectivity index (χ0v) is 15.5. The van der Waals surface area contributed by atoms with Crippen LogP contribution in [0.4, 0.5) is 0 Å².